The Bertz CT molecular complexity index is 923. The molecule has 1 aromatic carbocycles. The molecule has 1 aliphatic heterocycles. The highest BCUT2D eigenvalue weighted by atomic mass is 16.4. The maximum absolute atomic E-state index is 11.5. The summed E-state index contributed by atoms with van der Waals surface area (Å²) in [5.41, 5.74) is 2.46. The van der Waals surface area contributed by atoms with Crippen molar-refractivity contribution in [1.29, 1.82) is 0 Å². The number of para-hydroxylation sites is 1. The Hall–Kier alpha value is -2.41. The lowest BCUT2D eigenvalue weighted by atomic mass is 10.0. The average molecular weight is 327 g/mol. The number of likely N-dealkylation sites (tertiary alicyclic amines) is 1. The molecule has 0 radical (unpaired) electrons. The van der Waals surface area contributed by atoms with E-state index in [0.717, 1.165) is 55.2 Å². The van der Waals surface area contributed by atoms with Crippen molar-refractivity contribution in [3.05, 3.63) is 46.0 Å². The Morgan fingerprint density at radius 2 is 2.25 bits per heavy atom. The van der Waals surface area contributed by atoms with Crippen molar-refractivity contribution < 1.29 is 4.42 Å². The fourth-order valence-electron chi connectivity index (χ4n) is 3.65. The lowest BCUT2D eigenvalue weighted by Gasteiger charge is -2.33. The molecule has 1 aliphatic rings. The van der Waals surface area contributed by atoms with Gasteiger partial charge in [-0.15, -0.1) is 0 Å². The van der Waals surface area contributed by atoms with Crippen molar-refractivity contribution in [3.63, 3.8) is 0 Å². The Labute approximate surface area is 139 Å². The van der Waals surface area contributed by atoms with Gasteiger partial charge in [-0.2, -0.15) is 5.10 Å². The summed E-state index contributed by atoms with van der Waals surface area (Å²) < 4.78 is 7.36. The van der Waals surface area contributed by atoms with Crippen LogP contribution in [-0.4, -0.2) is 37.7 Å². The molecule has 0 saturated carbocycles. The number of benzene rings is 1. The van der Waals surface area contributed by atoms with Gasteiger partial charge >= 0.3 is 5.76 Å². The van der Waals surface area contributed by atoms with E-state index in [2.05, 4.69) is 24.6 Å². The van der Waals surface area contributed by atoms with Gasteiger partial charge in [0.05, 0.1) is 11.6 Å². The Balaban J connectivity index is 1.56. The zero-order valence-corrected chi connectivity index (χ0v) is 14.0. The summed E-state index contributed by atoms with van der Waals surface area (Å²) in [7, 11) is 0. The molecule has 1 unspecified atom stereocenters. The van der Waals surface area contributed by atoms with E-state index in [1.807, 2.05) is 32.0 Å². The molecule has 2 aromatic heterocycles. The van der Waals surface area contributed by atoms with Crippen molar-refractivity contribution >= 4 is 11.1 Å². The van der Waals surface area contributed by atoms with Crippen LogP contribution in [0.4, 0.5) is 0 Å². The van der Waals surface area contributed by atoms with Crippen molar-refractivity contribution in [2.75, 3.05) is 13.1 Å². The van der Waals surface area contributed by atoms with Gasteiger partial charge in [0.1, 0.15) is 11.6 Å². The highest BCUT2D eigenvalue weighted by Gasteiger charge is 2.24. The maximum atomic E-state index is 11.5. The van der Waals surface area contributed by atoms with Crippen LogP contribution in [0.15, 0.2) is 27.4 Å². The number of piperidine rings is 1. The van der Waals surface area contributed by atoms with Crippen LogP contribution in [0.5, 0.6) is 0 Å². The van der Waals surface area contributed by atoms with Crippen LogP contribution in [-0.2, 0) is 6.54 Å². The molecule has 7 nitrogen and oxygen atoms in total. The Kier molecular flexibility index (Phi) is 3.72. The molecule has 3 heterocycles. The van der Waals surface area contributed by atoms with Crippen LogP contribution >= 0.6 is 0 Å². The molecule has 126 valence electrons. The maximum Gasteiger partial charge on any atom is 0.417 e. The van der Waals surface area contributed by atoms with Gasteiger partial charge in [-0.3, -0.25) is 9.88 Å². The third kappa shape index (κ3) is 2.75. The SMILES string of the molecule is Cc1nc(C)n(C2CCCN(Cc3cccc4[nH]c(=O)oc34)C2)n1. The minimum absolute atomic E-state index is 0.345. The van der Waals surface area contributed by atoms with Crippen LogP contribution < -0.4 is 5.76 Å². The van der Waals surface area contributed by atoms with E-state index >= 15 is 0 Å². The number of hydrogen-bond acceptors (Lipinski definition) is 5. The predicted octanol–water partition coefficient (Wildman–Crippen LogP) is 2.17. The van der Waals surface area contributed by atoms with Gasteiger partial charge in [-0.1, -0.05) is 12.1 Å². The summed E-state index contributed by atoms with van der Waals surface area (Å²) in [4.78, 5) is 21.0. The van der Waals surface area contributed by atoms with Gasteiger partial charge in [0.25, 0.3) is 0 Å². The smallest absolute Gasteiger partial charge is 0.408 e. The van der Waals surface area contributed by atoms with Crippen LogP contribution in [0.1, 0.15) is 36.1 Å². The highest BCUT2D eigenvalue weighted by Crippen LogP contribution is 2.25. The molecule has 1 fully saturated rings. The zero-order chi connectivity index (χ0) is 16.7. The number of rotatable bonds is 3. The van der Waals surface area contributed by atoms with Crippen molar-refractivity contribution in [1.82, 2.24) is 24.6 Å². The first-order chi connectivity index (χ1) is 11.6. The summed E-state index contributed by atoms with van der Waals surface area (Å²) in [6.07, 6.45) is 2.24. The Morgan fingerprint density at radius 1 is 1.38 bits per heavy atom. The van der Waals surface area contributed by atoms with E-state index in [-0.39, 0.29) is 0 Å². The number of aryl methyl sites for hydroxylation is 2. The number of H-pyrrole nitrogens is 1. The fraction of sp³-hybridized carbons (Fsp3) is 0.471. The number of oxazole rings is 1. The van der Waals surface area contributed by atoms with Crippen molar-refractivity contribution in [3.8, 4) is 0 Å². The third-order valence-corrected chi connectivity index (χ3v) is 4.66. The first-order valence-corrected chi connectivity index (χ1v) is 8.33. The largest absolute Gasteiger partial charge is 0.417 e. The second kappa shape index (κ2) is 5.90. The average Bonchev–Trinajstić information content (AvgIpc) is 3.09. The molecule has 24 heavy (non-hydrogen) atoms. The van der Waals surface area contributed by atoms with E-state index in [1.54, 1.807) is 0 Å². The number of hydrogen-bond donors (Lipinski definition) is 1. The highest BCUT2D eigenvalue weighted by molar-refractivity contribution is 5.75. The van der Waals surface area contributed by atoms with Gasteiger partial charge in [0, 0.05) is 18.7 Å². The normalized spacial score (nSPS) is 19.2. The fourth-order valence-corrected chi connectivity index (χ4v) is 3.65. The molecule has 4 rings (SSSR count). The Morgan fingerprint density at radius 3 is 3.04 bits per heavy atom. The van der Waals surface area contributed by atoms with E-state index in [1.165, 1.54) is 0 Å². The lowest BCUT2D eigenvalue weighted by molar-refractivity contribution is 0.161. The molecule has 1 atom stereocenters. The van der Waals surface area contributed by atoms with Gasteiger partial charge in [0.2, 0.25) is 0 Å². The molecular weight excluding hydrogens is 306 g/mol. The molecule has 0 aliphatic carbocycles. The summed E-state index contributed by atoms with van der Waals surface area (Å²) in [6, 6.07) is 6.19. The third-order valence-electron chi connectivity index (χ3n) is 4.66. The van der Waals surface area contributed by atoms with Gasteiger partial charge in [-0.25, -0.2) is 14.5 Å². The van der Waals surface area contributed by atoms with E-state index < -0.39 is 5.76 Å². The van der Waals surface area contributed by atoms with Gasteiger partial charge < -0.3 is 4.42 Å². The van der Waals surface area contributed by atoms with Crippen LogP contribution in [0.2, 0.25) is 0 Å². The number of aromatic nitrogens is 4. The molecule has 0 bridgehead atoms. The van der Waals surface area contributed by atoms with Crippen molar-refractivity contribution in [2.45, 2.75) is 39.3 Å². The summed E-state index contributed by atoms with van der Waals surface area (Å²) in [6.45, 7) is 6.66. The summed E-state index contributed by atoms with van der Waals surface area (Å²) >= 11 is 0. The zero-order valence-electron chi connectivity index (χ0n) is 14.0. The number of nitrogens with one attached hydrogen (secondary N) is 1. The van der Waals surface area contributed by atoms with Crippen LogP contribution in [0.25, 0.3) is 11.1 Å². The van der Waals surface area contributed by atoms with E-state index in [4.69, 9.17) is 4.42 Å². The molecule has 0 spiro atoms. The molecule has 1 saturated heterocycles. The molecule has 3 aromatic rings. The molecule has 1 N–H and O–H groups in total. The van der Waals surface area contributed by atoms with Crippen molar-refractivity contribution in [2.24, 2.45) is 0 Å². The topological polar surface area (TPSA) is 80.0 Å². The standard InChI is InChI=1S/C17H21N5O2/c1-11-18-12(2)22(20-11)14-6-4-8-21(10-14)9-13-5-3-7-15-16(13)24-17(23)19-15/h3,5,7,14H,4,6,8-10H2,1-2H3,(H,19,23). The molecule has 7 heteroatoms. The minimum atomic E-state index is -0.400. The predicted molar refractivity (Wildman–Crippen MR) is 89.9 cm³/mol. The first-order valence-electron chi connectivity index (χ1n) is 8.33. The van der Waals surface area contributed by atoms with E-state index in [0.29, 0.717) is 11.6 Å². The second-order valence-corrected chi connectivity index (χ2v) is 6.49. The van der Waals surface area contributed by atoms with Crippen LogP contribution in [0.3, 0.4) is 0 Å². The summed E-state index contributed by atoms with van der Waals surface area (Å²) in [5, 5.41) is 4.54. The van der Waals surface area contributed by atoms with E-state index in [9.17, 15) is 4.79 Å². The quantitative estimate of drug-likeness (QED) is 0.797. The van der Waals surface area contributed by atoms with Gasteiger partial charge in [-0.05, 0) is 39.3 Å². The number of fused-ring (bicyclic) bond motifs is 1. The molecular formula is C17H21N5O2. The first kappa shape index (κ1) is 15.1. The number of nitrogens with zero attached hydrogens (tertiary/aromatic N) is 4. The summed E-state index contributed by atoms with van der Waals surface area (Å²) in [5.74, 6) is 1.39. The molecule has 0 amide bonds. The monoisotopic (exact) mass is 327 g/mol. The van der Waals surface area contributed by atoms with Crippen LogP contribution in [0, 0.1) is 13.8 Å². The lowest BCUT2D eigenvalue weighted by Crippen LogP contribution is -2.36. The van der Waals surface area contributed by atoms with Gasteiger partial charge in [0.15, 0.2) is 5.58 Å². The number of aromatic amines is 1. The second-order valence-electron chi connectivity index (χ2n) is 6.49. The minimum Gasteiger partial charge on any atom is -0.408 e.